The first-order valence-electron chi connectivity index (χ1n) is 4.96. The summed E-state index contributed by atoms with van der Waals surface area (Å²) in [5.41, 5.74) is 6.19. The minimum Gasteiger partial charge on any atom is -0.324 e. The van der Waals surface area contributed by atoms with E-state index in [0.717, 1.165) is 0 Å². The summed E-state index contributed by atoms with van der Waals surface area (Å²) in [4.78, 5) is 0. The van der Waals surface area contributed by atoms with Crippen LogP contribution >= 0.6 is 0 Å². The van der Waals surface area contributed by atoms with Crippen molar-refractivity contribution in [3.8, 4) is 0 Å². The monoisotopic (exact) mass is 235 g/mol. The van der Waals surface area contributed by atoms with Gasteiger partial charge in [0.2, 0.25) is 0 Å². The van der Waals surface area contributed by atoms with E-state index in [2.05, 4.69) is 0 Å². The lowest BCUT2D eigenvalue weighted by atomic mass is 10.0. The zero-order chi connectivity index (χ0) is 12.2. The van der Waals surface area contributed by atoms with Gasteiger partial charge >= 0.3 is 6.18 Å². The average molecular weight is 235 g/mol. The van der Waals surface area contributed by atoms with Crippen LogP contribution in [-0.2, 0) is 0 Å². The third-order valence-electron chi connectivity index (χ3n) is 2.25. The SMILES string of the molecule is NC(CCCC(F)(F)F)c1cccc(F)c1. The predicted molar refractivity (Wildman–Crippen MR) is 53.2 cm³/mol. The highest BCUT2D eigenvalue weighted by Gasteiger charge is 2.26. The molecule has 1 nitrogen and oxygen atoms in total. The van der Waals surface area contributed by atoms with E-state index in [9.17, 15) is 17.6 Å². The topological polar surface area (TPSA) is 26.0 Å². The molecule has 90 valence electrons. The van der Waals surface area contributed by atoms with Crippen molar-refractivity contribution < 1.29 is 17.6 Å². The summed E-state index contributed by atoms with van der Waals surface area (Å²) in [5, 5.41) is 0. The molecule has 16 heavy (non-hydrogen) atoms. The summed E-state index contributed by atoms with van der Waals surface area (Å²) in [6, 6.07) is 5.08. The zero-order valence-corrected chi connectivity index (χ0v) is 8.60. The molecule has 0 amide bonds. The van der Waals surface area contributed by atoms with Gasteiger partial charge in [-0.1, -0.05) is 12.1 Å². The molecular weight excluding hydrogens is 222 g/mol. The van der Waals surface area contributed by atoms with Crippen LogP contribution < -0.4 is 5.73 Å². The highest BCUT2D eigenvalue weighted by molar-refractivity contribution is 5.19. The smallest absolute Gasteiger partial charge is 0.324 e. The molecule has 1 rings (SSSR count). The summed E-state index contributed by atoms with van der Waals surface area (Å²) >= 11 is 0. The van der Waals surface area contributed by atoms with Gasteiger partial charge in [-0.2, -0.15) is 13.2 Å². The van der Waals surface area contributed by atoms with Crippen molar-refractivity contribution in [2.24, 2.45) is 5.73 Å². The number of hydrogen-bond acceptors (Lipinski definition) is 1. The third kappa shape index (κ3) is 4.61. The highest BCUT2D eigenvalue weighted by Crippen LogP contribution is 2.25. The molecule has 0 spiro atoms. The maximum Gasteiger partial charge on any atom is 0.389 e. The fourth-order valence-corrected chi connectivity index (χ4v) is 1.43. The Morgan fingerprint density at radius 2 is 1.94 bits per heavy atom. The van der Waals surface area contributed by atoms with E-state index >= 15 is 0 Å². The Hall–Kier alpha value is -1.10. The quantitative estimate of drug-likeness (QED) is 0.793. The molecule has 0 aliphatic rings. The molecule has 1 unspecified atom stereocenters. The molecule has 0 fully saturated rings. The number of rotatable bonds is 4. The maximum absolute atomic E-state index is 12.8. The summed E-state index contributed by atoms with van der Waals surface area (Å²) in [6.45, 7) is 0. The van der Waals surface area contributed by atoms with E-state index in [4.69, 9.17) is 5.73 Å². The molecule has 0 saturated carbocycles. The molecular formula is C11H13F4N. The Balaban J connectivity index is 2.44. The predicted octanol–water partition coefficient (Wildman–Crippen LogP) is 3.56. The van der Waals surface area contributed by atoms with E-state index in [0.29, 0.717) is 5.56 Å². The minimum atomic E-state index is -4.15. The summed E-state index contributed by atoms with van der Waals surface area (Å²) < 4.78 is 48.4. The van der Waals surface area contributed by atoms with Gasteiger partial charge in [0.15, 0.2) is 0 Å². The molecule has 0 aromatic heterocycles. The normalized spacial score (nSPS) is 13.8. The second-order valence-electron chi connectivity index (χ2n) is 3.67. The van der Waals surface area contributed by atoms with Gasteiger partial charge in [-0.05, 0) is 30.5 Å². The van der Waals surface area contributed by atoms with Crippen LogP contribution in [0.25, 0.3) is 0 Å². The maximum atomic E-state index is 12.8. The molecule has 0 saturated heterocycles. The molecule has 2 N–H and O–H groups in total. The Labute approximate surface area is 91.3 Å². The number of halogens is 4. The number of alkyl halides is 3. The fourth-order valence-electron chi connectivity index (χ4n) is 1.43. The zero-order valence-electron chi connectivity index (χ0n) is 8.60. The van der Waals surface area contributed by atoms with Crippen molar-refractivity contribution in [2.75, 3.05) is 0 Å². The summed E-state index contributed by atoms with van der Waals surface area (Å²) in [6.07, 6.45) is -4.85. The van der Waals surface area contributed by atoms with Gasteiger partial charge in [-0.25, -0.2) is 4.39 Å². The van der Waals surface area contributed by atoms with E-state index in [-0.39, 0.29) is 12.8 Å². The molecule has 0 radical (unpaired) electrons. The molecule has 1 atom stereocenters. The Morgan fingerprint density at radius 3 is 2.50 bits per heavy atom. The number of nitrogens with two attached hydrogens (primary N) is 1. The van der Waals surface area contributed by atoms with Crippen molar-refractivity contribution in [1.82, 2.24) is 0 Å². The van der Waals surface area contributed by atoms with Gasteiger partial charge in [0.25, 0.3) is 0 Å². The lowest BCUT2D eigenvalue weighted by molar-refractivity contribution is -0.135. The molecule has 0 aliphatic heterocycles. The molecule has 5 heteroatoms. The van der Waals surface area contributed by atoms with Crippen molar-refractivity contribution in [2.45, 2.75) is 31.5 Å². The van der Waals surface area contributed by atoms with Gasteiger partial charge in [0, 0.05) is 12.5 Å². The van der Waals surface area contributed by atoms with Gasteiger partial charge in [0.1, 0.15) is 5.82 Å². The summed E-state index contributed by atoms with van der Waals surface area (Å²) in [7, 11) is 0. The van der Waals surface area contributed by atoms with E-state index < -0.39 is 24.5 Å². The lowest BCUT2D eigenvalue weighted by Gasteiger charge is -2.12. The van der Waals surface area contributed by atoms with E-state index in [1.54, 1.807) is 6.07 Å². The average Bonchev–Trinajstić information content (AvgIpc) is 2.15. The Morgan fingerprint density at radius 1 is 1.25 bits per heavy atom. The first kappa shape index (κ1) is 13.0. The number of hydrogen-bond donors (Lipinski definition) is 1. The Bertz CT molecular complexity index is 335. The van der Waals surface area contributed by atoms with Crippen LogP contribution in [0.5, 0.6) is 0 Å². The van der Waals surface area contributed by atoms with Crippen LogP contribution in [0.2, 0.25) is 0 Å². The highest BCUT2D eigenvalue weighted by atomic mass is 19.4. The van der Waals surface area contributed by atoms with Crippen LogP contribution in [0.3, 0.4) is 0 Å². The van der Waals surface area contributed by atoms with Gasteiger partial charge in [-0.15, -0.1) is 0 Å². The van der Waals surface area contributed by atoms with Crippen LogP contribution in [0.4, 0.5) is 17.6 Å². The molecule has 0 aliphatic carbocycles. The van der Waals surface area contributed by atoms with Crippen molar-refractivity contribution in [3.63, 3.8) is 0 Å². The Kier molecular flexibility index (Phi) is 4.29. The second-order valence-corrected chi connectivity index (χ2v) is 3.67. The molecule has 0 heterocycles. The van der Waals surface area contributed by atoms with Crippen molar-refractivity contribution in [3.05, 3.63) is 35.6 Å². The van der Waals surface area contributed by atoms with Crippen LogP contribution in [0.15, 0.2) is 24.3 Å². The first-order chi connectivity index (χ1) is 7.38. The van der Waals surface area contributed by atoms with Gasteiger partial charge < -0.3 is 5.73 Å². The molecule has 1 aromatic rings. The largest absolute Gasteiger partial charge is 0.389 e. The minimum absolute atomic E-state index is 0.0405. The summed E-state index contributed by atoms with van der Waals surface area (Å²) in [5.74, 6) is -0.427. The van der Waals surface area contributed by atoms with Crippen LogP contribution in [0, 0.1) is 5.82 Å². The standard InChI is InChI=1S/C11H13F4N/c12-9-4-1-3-8(7-9)10(16)5-2-6-11(13,14)15/h1,3-4,7,10H,2,5-6,16H2. The third-order valence-corrected chi connectivity index (χ3v) is 2.25. The van der Waals surface area contributed by atoms with Crippen molar-refractivity contribution in [1.29, 1.82) is 0 Å². The van der Waals surface area contributed by atoms with Gasteiger partial charge in [-0.3, -0.25) is 0 Å². The second kappa shape index (κ2) is 5.30. The molecule has 0 bridgehead atoms. The van der Waals surface area contributed by atoms with Crippen LogP contribution in [0.1, 0.15) is 30.9 Å². The van der Waals surface area contributed by atoms with Gasteiger partial charge in [0.05, 0.1) is 0 Å². The molecule has 1 aromatic carbocycles. The van der Waals surface area contributed by atoms with Crippen molar-refractivity contribution >= 4 is 0 Å². The number of benzene rings is 1. The van der Waals surface area contributed by atoms with E-state index in [1.165, 1.54) is 18.2 Å². The first-order valence-corrected chi connectivity index (χ1v) is 4.96. The fraction of sp³-hybridized carbons (Fsp3) is 0.455. The van der Waals surface area contributed by atoms with Crippen LogP contribution in [-0.4, -0.2) is 6.18 Å². The van der Waals surface area contributed by atoms with E-state index in [1.807, 2.05) is 0 Å². The lowest BCUT2D eigenvalue weighted by Crippen LogP contribution is -2.13.